The Morgan fingerprint density at radius 1 is 1.12 bits per heavy atom. The third-order valence-corrected chi connectivity index (χ3v) is 5.85. The van der Waals surface area contributed by atoms with E-state index in [9.17, 15) is 4.79 Å². The van der Waals surface area contributed by atoms with E-state index in [0.717, 1.165) is 53.5 Å². The average Bonchev–Trinajstić information content (AvgIpc) is 3.19. The van der Waals surface area contributed by atoms with Gasteiger partial charge in [-0.1, -0.05) is 18.9 Å². The number of hydrogen-bond donors (Lipinski definition) is 1. The molecule has 1 N–H and O–H groups in total. The molecule has 1 amide bonds. The van der Waals surface area contributed by atoms with E-state index >= 15 is 0 Å². The fourth-order valence-corrected chi connectivity index (χ4v) is 4.15. The molecule has 1 saturated carbocycles. The highest BCUT2D eigenvalue weighted by atomic mass is 32.2. The van der Waals surface area contributed by atoms with E-state index in [2.05, 4.69) is 10.3 Å². The molecule has 2 aliphatic rings. The van der Waals surface area contributed by atoms with Crippen molar-refractivity contribution in [1.29, 1.82) is 0 Å². The molecule has 0 spiro atoms. The van der Waals surface area contributed by atoms with Gasteiger partial charge in [-0.05, 0) is 48.9 Å². The number of fused-ring (bicyclic) bond motifs is 1. The van der Waals surface area contributed by atoms with Crippen molar-refractivity contribution in [1.82, 2.24) is 4.98 Å². The first kappa shape index (κ1) is 17.2. The fraction of sp³-hybridized carbons (Fsp3) is 0.400. The van der Waals surface area contributed by atoms with Gasteiger partial charge in [0.2, 0.25) is 5.91 Å². The maximum Gasteiger partial charge on any atom is 0.235 e. The number of thioether (sulfide) groups is 1. The third kappa shape index (κ3) is 3.14. The van der Waals surface area contributed by atoms with Gasteiger partial charge in [0, 0.05) is 0 Å². The van der Waals surface area contributed by atoms with Crippen LogP contribution in [0.5, 0.6) is 11.5 Å². The normalized spacial score (nSPS) is 17.7. The summed E-state index contributed by atoms with van der Waals surface area (Å²) in [7, 11) is 0. The second-order valence-corrected chi connectivity index (χ2v) is 7.52. The molecule has 0 saturated heterocycles. The second kappa shape index (κ2) is 7.19. The summed E-state index contributed by atoms with van der Waals surface area (Å²) in [4.78, 5) is 17.6. The molecule has 5 nitrogen and oxygen atoms in total. The molecule has 1 aliphatic heterocycles. The lowest BCUT2D eigenvalue weighted by molar-refractivity contribution is -0.121. The number of ether oxygens (including phenoxy) is 2. The molecule has 0 bridgehead atoms. The van der Waals surface area contributed by atoms with Gasteiger partial charge in [-0.15, -0.1) is 11.8 Å². The number of nitrogens with one attached hydrogen (secondary N) is 1. The van der Waals surface area contributed by atoms with Gasteiger partial charge < -0.3 is 14.8 Å². The summed E-state index contributed by atoms with van der Waals surface area (Å²) in [5.41, 5.74) is 1.22. The molecule has 1 aliphatic carbocycles. The molecule has 0 atom stereocenters. The van der Waals surface area contributed by atoms with Crippen LogP contribution in [0.1, 0.15) is 31.2 Å². The standard InChI is InChI=1S/C20H22N2O3S/c1-26-18-7-5-15(13-21-18)22-19(23)20(8-2-3-9-20)14-4-6-16-17(12-14)25-11-10-24-16/h4-7,12-13H,2-3,8-11H2,1H3,(H,22,23). The van der Waals surface area contributed by atoms with Crippen LogP contribution >= 0.6 is 11.8 Å². The lowest BCUT2D eigenvalue weighted by Crippen LogP contribution is -2.38. The number of anilines is 1. The number of carbonyl (C=O) groups is 1. The number of carbonyl (C=O) groups excluding carboxylic acids is 1. The van der Waals surface area contributed by atoms with Crippen LogP contribution in [0.4, 0.5) is 5.69 Å². The number of rotatable bonds is 4. The fourth-order valence-electron chi connectivity index (χ4n) is 3.79. The highest BCUT2D eigenvalue weighted by molar-refractivity contribution is 7.98. The van der Waals surface area contributed by atoms with E-state index in [4.69, 9.17) is 9.47 Å². The minimum atomic E-state index is -0.520. The van der Waals surface area contributed by atoms with Crippen molar-refractivity contribution < 1.29 is 14.3 Å². The molecule has 2 heterocycles. The minimum absolute atomic E-state index is 0.0328. The summed E-state index contributed by atoms with van der Waals surface area (Å²) in [6.45, 7) is 1.11. The Morgan fingerprint density at radius 3 is 2.58 bits per heavy atom. The van der Waals surface area contributed by atoms with Crippen molar-refractivity contribution >= 4 is 23.4 Å². The van der Waals surface area contributed by atoms with Gasteiger partial charge in [0.25, 0.3) is 0 Å². The Labute approximate surface area is 157 Å². The first-order valence-electron chi connectivity index (χ1n) is 8.93. The van der Waals surface area contributed by atoms with Crippen molar-refractivity contribution in [3.63, 3.8) is 0 Å². The summed E-state index contributed by atoms with van der Waals surface area (Å²) >= 11 is 1.58. The Balaban J connectivity index is 1.62. The second-order valence-electron chi connectivity index (χ2n) is 6.69. The van der Waals surface area contributed by atoms with E-state index in [1.165, 1.54) is 0 Å². The van der Waals surface area contributed by atoms with Crippen LogP contribution in [0.3, 0.4) is 0 Å². The molecule has 1 aromatic heterocycles. The Morgan fingerprint density at radius 2 is 1.88 bits per heavy atom. The van der Waals surface area contributed by atoms with Crippen molar-refractivity contribution in [3.05, 3.63) is 42.1 Å². The smallest absolute Gasteiger partial charge is 0.235 e. The largest absolute Gasteiger partial charge is 0.486 e. The number of pyridine rings is 1. The zero-order valence-electron chi connectivity index (χ0n) is 14.8. The molecule has 2 aromatic rings. The molecule has 0 radical (unpaired) electrons. The van der Waals surface area contributed by atoms with Crippen molar-refractivity contribution in [3.8, 4) is 11.5 Å². The summed E-state index contributed by atoms with van der Waals surface area (Å²) in [5, 5.41) is 4.01. The van der Waals surface area contributed by atoms with Crippen LogP contribution in [0.25, 0.3) is 0 Å². The van der Waals surface area contributed by atoms with Gasteiger partial charge in [-0.3, -0.25) is 4.79 Å². The number of nitrogens with zero attached hydrogens (tertiary/aromatic N) is 1. The van der Waals surface area contributed by atoms with E-state index in [-0.39, 0.29) is 5.91 Å². The average molecular weight is 370 g/mol. The number of benzene rings is 1. The van der Waals surface area contributed by atoms with E-state index in [0.29, 0.717) is 13.2 Å². The highest BCUT2D eigenvalue weighted by Crippen LogP contribution is 2.45. The van der Waals surface area contributed by atoms with Gasteiger partial charge in [0.05, 0.1) is 22.3 Å². The molecule has 1 aromatic carbocycles. The van der Waals surface area contributed by atoms with Crippen LogP contribution in [0, 0.1) is 0 Å². The number of amides is 1. The molecule has 136 valence electrons. The topological polar surface area (TPSA) is 60.5 Å². The van der Waals surface area contributed by atoms with Crippen molar-refractivity contribution in [2.45, 2.75) is 36.1 Å². The summed E-state index contributed by atoms with van der Waals surface area (Å²) in [6.07, 6.45) is 7.48. The van der Waals surface area contributed by atoms with Crippen LogP contribution in [0.2, 0.25) is 0 Å². The Hall–Kier alpha value is -2.21. The molecular weight excluding hydrogens is 348 g/mol. The van der Waals surface area contributed by atoms with Gasteiger partial charge in [0.15, 0.2) is 11.5 Å². The molecular formula is C20H22N2O3S. The molecule has 6 heteroatoms. The molecule has 4 rings (SSSR count). The number of hydrogen-bond acceptors (Lipinski definition) is 5. The van der Waals surface area contributed by atoms with E-state index < -0.39 is 5.41 Å². The van der Waals surface area contributed by atoms with Gasteiger partial charge in [0.1, 0.15) is 13.2 Å². The van der Waals surface area contributed by atoms with Gasteiger partial charge in [-0.25, -0.2) is 4.98 Å². The monoisotopic (exact) mass is 370 g/mol. The molecule has 0 unspecified atom stereocenters. The van der Waals surface area contributed by atoms with Crippen LogP contribution < -0.4 is 14.8 Å². The highest BCUT2D eigenvalue weighted by Gasteiger charge is 2.43. The maximum atomic E-state index is 13.2. The third-order valence-electron chi connectivity index (χ3n) is 5.19. The predicted octanol–water partition coefficient (Wildman–Crippen LogP) is 4.03. The SMILES string of the molecule is CSc1ccc(NC(=O)C2(c3ccc4c(c3)OCCO4)CCCC2)cn1. The van der Waals surface area contributed by atoms with Gasteiger partial charge in [-0.2, -0.15) is 0 Å². The lowest BCUT2D eigenvalue weighted by atomic mass is 9.77. The Kier molecular flexibility index (Phi) is 4.76. The predicted molar refractivity (Wildman–Crippen MR) is 102 cm³/mol. The zero-order valence-corrected chi connectivity index (χ0v) is 15.6. The minimum Gasteiger partial charge on any atom is -0.486 e. The van der Waals surface area contributed by atoms with Crippen LogP contribution in [-0.2, 0) is 10.2 Å². The summed E-state index contributed by atoms with van der Waals surface area (Å²) in [5.74, 6) is 1.52. The Bertz CT molecular complexity index is 801. The zero-order chi connectivity index (χ0) is 18.0. The molecule has 26 heavy (non-hydrogen) atoms. The molecule has 1 fully saturated rings. The van der Waals surface area contributed by atoms with E-state index in [1.54, 1.807) is 18.0 Å². The summed E-state index contributed by atoms with van der Waals surface area (Å²) in [6, 6.07) is 9.74. The first-order chi connectivity index (χ1) is 12.7. The maximum absolute atomic E-state index is 13.2. The van der Waals surface area contributed by atoms with Crippen molar-refractivity contribution in [2.75, 3.05) is 24.8 Å². The van der Waals surface area contributed by atoms with Crippen molar-refractivity contribution in [2.24, 2.45) is 0 Å². The quantitative estimate of drug-likeness (QED) is 0.824. The summed E-state index contributed by atoms with van der Waals surface area (Å²) < 4.78 is 11.3. The van der Waals surface area contributed by atoms with Crippen LogP contribution in [-0.4, -0.2) is 30.4 Å². The van der Waals surface area contributed by atoms with E-state index in [1.807, 2.05) is 36.6 Å². The number of aromatic nitrogens is 1. The lowest BCUT2D eigenvalue weighted by Gasteiger charge is -2.29. The first-order valence-corrected chi connectivity index (χ1v) is 10.2. The van der Waals surface area contributed by atoms with Crippen LogP contribution in [0.15, 0.2) is 41.6 Å². The van der Waals surface area contributed by atoms with Gasteiger partial charge >= 0.3 is 0 Å².